The molecule has 18 heavy (non-hydrogen) atoms. The Morgan fingerprint density at radius 2 is 2.22 bits per heavy atom. The molecule has 1 aliphatic rings. The predicted octanol–water partition coefficient (Wildman–Crippen LogP) is 1.88. The molecule has 0 spiro atoms. The molecule has 102 valence electrons. The van der Waals surface area contributed by atoms with Crippen LogP contribution in [-0.4, -0.2) is 29.8 Å². The van der Waals surface area contributed by atoms with Crippen molar-refractivity contribution in [2.75, 3.05) is 13.7 Å². The number of hydrogen-bond donors (Lipinski definition) is 1. The zero-order chi connectivity index (χ0) is 13.2. The molecule has 1 aliphatic carbocycles. The van der Waals surface area contributed by atoms with E-state index in [1.807, 2.05) is 13.8 Å². The maximum atomic E-state index is 5.35. The SMILES string of the molecule is CCNC(Cc1nc(C(C)(C)OC)no1)C1CC1. The van der Waals surface area contributed by atoms with Crippen LogP contribution in [0, 0.1) is 5.92 Å². The molecule has 0 aliphatic heterocycles. The van der Waals surface area contributed by atoms with E-state index in [2.05, 4.69) is 22.4 Å². The number of hydrogen-bond acceptors (Lipinski definition) is 5. The van der Waals surface area contributed by atoms with Crippen molar-refractivity contribution < 1.29 is 9.26 Å². The number of ether oxygens (including phenoxy) is 1. The highest BCUT2D eigenvalue weighted by Gasteiger charge is 2.33. The lowest BCUT2D eigenvalue weighted by molar-refractivity contribution is 0.00973. The molecule has 1 N–H and O–H groups in total. The van der Waals surface area contributed by atoms with E-state index in [1.165, 1.54) is 12.8 Å². The molecule has 1 heterocycles. The van der Waals surface area contributed by atoms with Gasteiger partial charge in [-0.05, 0) is 39.2 Å². The van der Waals surface area contributed by atoms with Crippen LogP contribution in [0.2, 0.25) is 0 Å². The van der Waals surface area contributed by atoms with E-state index in [0.717, 1.165) is 18.9 Å². The van der Waals surface area contributed by atoms with Gasteiger partial charge in [-0.15, -0.1) is 0 Å². The van der Waals surface area contributed by atoms with Crippen molar-refractivity contribution in [2.45, 2.75) is 51.7 Å². The van der Waals surface area contributed by atoms with Crippen molar-refractivity contribution in [2.24, 2.45) is 5.92 Å². The number of rotatable bonds is 7. The Balaban J connectivity index is 2.01. The molecule has 0 aromatic carbocycles. The third-order valence-electron chi connectivity index (χ3n) is 3.57. The molecule has 0 bridgehead atoms. The van der Waals surface area contributed by atoms with Crippen LogP contribution in [0.4, 0.5) is 0 Å². The Hall–Kier alpha value is -0.940. The Bertz CT molecular complexity index is 385. The molecule has 0 saturated heterocycles. The average molecular weight is 253 g/mol. The van der Waals surface area contributed by atoms with Crippen LogP contribution in [0.25, 0.3) is 0 Å². The van der Waals surface area contributed by atoms with Crippen molar-refractivity contribution in [3.05, 3.63) is 11.7 Å². The summed E-state index contributed by atoms with van der Waals surface area (Å²) in [6.45, 7) is 6.98. The Labute approximate surface area is 108 Å². The molecule has 1 atom stereocenters. The summed E-state index contributed by atoms with van der Waals surface area (Å²) >= 11 is 0. The second-order valence-corrected chi connectivity index (χ2v) is 5.43. The third-order valence-corrected chi connectivity index (χ3v) is 3.57. The fraction of sp³-hybridized carbons (Fsp3) is 0.846. The first kappa shape index (κ1) is 13.5. The normalized spacial score (nSPS) is 18.0. The smallest absolute Gasteiger partial charge is 0.228 e. The van der Waals surface area contributed by atoms with Crippen molar-refractivity contribution in [3.63, 3.8) is 0 Å². The van der Waals surface area contributed by atoms with E-state index in [1.54, 1.807) is 7.11 Å². The molecule has 2 rings (SSSR count). The first-order chi connectivity index (χ1) is 8.56. The zero-order valence-corrected chi connectivity index (χ0v) is 11.7. The van der Waals surface area contributed by atoms with Gasteiger partial charge in [0.1, 0.15) is 5.60 Å². The van der Waals surface area contributed by atoms with Crippen LogP contribution in [0.3, 0.4) is 0 Å². The van der Waals surface area contributed by atoms with Gasteiger partial charge in [0.05, 0.1) is 0 Å². The van der Waals surface area contributed by atoms with Gasteiger partial charge in [-0.25, -0.2) is 0 Å². The summed E-state index contributed by atoms with van der Waals surface area (Å²) < 4.78 is 10.7. The van der Waals surface area contributed by atoms with E-state index in [4.69, 9.17) is 9.26 Å². The quantitative estimate of drug-likeness (QED) is 0.804. The molecule has 0 radical (unpaired) electrons. The molecule has 1 saturated carbocycles. The van der Waals surface area contributed by atoms with E-state index >= 15 is 0 Å². The number of methoxy groups -OCH3 is 1. The van der Waals surface area contributed by atoms with E-state index in [-0.39, 0.29) is 0 Å². The van der Waals surface area contributed by atoms with Crippen LogP contribution in [0.1, 0.15) is 45.3 Å². The molecule has 1 fully saturated rings. The van der Waals surface area contributed by atoms with Gasteiger partial charge in [0.2, 0.25) is 11.7 Å². The molecule has 1 aromatic rings. The van der Waals surface area contributed by atoms with Crippen molar-refractivity contribution in [1.82, 2.24) is 15.5 Å². The highest BCUT2D eigenvalue weighted by molar-refractivity contribution is 5.00. The maximum absolute atomic E-state index is 5.35. The van der Waals surface area contributed by atoms with Crippen LogP contribution in [0.15, 0.2) is 4.52 Å². The van der Waals surface area contributed by atoms with Crippen molar-refractivity contribution >= 4 is 0 Å². The summed E-state index contributed by atoms with van der Waals surface area (Å²) in [6, 6.07) is 0.467. The number of aromatic nitrogens is 2. The second-order valence-electron chi connectivity index (χ2n) is 5.43. The van der Waals surface area contributed by atoms with Gasteiger partial charge in [-0.1, -0.05) is 12.1 Å². The van der Waals surface area contributed by atoms with Gasteiger partial charge < -0.3 is 14.6 Å². The Kier molecular flexibility index (Phi) is 4.02. The van der Waals surface area contributed by atoms with E-state index in [0.29, 0.717) is 17.8 Å². The van der Waals surface area contributed by atoms with Gasteiger partial charge in [-0.2, -0.15) is 4.98 Å². The van der Waals surface area contributed by atoms with E-state index in [9.17, 15) is 0 Å². The molecular formula is C13H23N3O2. The standard InChI is InChI=1S/C13H23N3O2/c1-5-14-10(9-6-7-9)8-11-15-12(16-18-11)13(2,3)17-4/h9-10,14H,5-8H2,1-4H3. The summed E-state index contributed by atoms with van der Waals surface area (Å²) in [5.41, 5.74) is -0.491. The number of nitrogens with one attached hydrogen (secondary N) is 1. The lowest BCUT2D eigenvalue weighted by Crippen LogP contribution is -2.33. The van der Waals surface area contributed by atoms with Crippen LogP contribution in [0.5, 0.6) is 0 Å². The topological polar surface area (TPSA) is 60.2 Å². The average Bonchev–Trinajstić information content (AvgIpc) is 3.08. The first-order valence-corrected chi connectivity index (χ1v) is 6.68. The second kappa shape index (κ2) is 5.36. The number of likely N-dealkylation sites (N-methyl/N-ethyl adjacent to an activating group) is 1. The lowest BCUT2D eigenvalue weighted by atomic mass is 10.1. The summed E-state index contributed by atoms with van der Waals surface area (Å²) in [5, 5.41) is 7.51. The van der Waals surface area contributed by atoms with Gasteiger partial charge in [0, 0.05) is 19.6 Å². The fourth-order valence-electron chi connectivity index (χ4n) is 2.03. The predicted molar refractivity (Wildman–Crippen MR) is 68.2 cm³/mol. The minimum Gasteiger partial charge on any atom is -0.371 e. The fourth-order valence-corrected chi connectivity index (χ4v) is 2.03. The third kappa shape index (κ3) is 3.09. The minimum absolute atomic E-state index is 0.467. The number of nitrogens with zero attached hydrogens (tertiary/aromatic N) is 2. The van der Waals surface area contributed by atoms with Crippen LogP contribution in [-0.2, 0) is 16.8 Å². The molecule has 5 nitrogen and oxygen atoms in total. The monoisotopic (exact) mass is 253 g/mol. The van der Waals surface area contributed by atoms with Crippen molar-refractivity contribution in [1.29, 1.82) is 0 Å². The van der Waals surface area contributed by atoms with Gasteiger partial charge in [0.25, 0.3) is 0 Å². The largest absolute Gasteiger partial charge is 0.371 e. The zero-order valence-electron chi connectivity index (χ0n) is 11.7. The summed E-state index contributed by atoms with van der Waals surface area (Å²) in [5.74, 6) is 2.09. The molecule has 1 unspecified atom stereocenters. The first-order valence-electron chi connectivity index (χ1n) is 6.68. The lowest BCUT2D eigenvalue weighted by Gasteiger charge is -2.17. The van der Waals surface area contributed by atoms with Crippen LogP contribution < -0.4 is 5.32 Å². The van der Waals surface area contributed by atoms with E-state index < -0.39 is 5.60 Å². The van der Waals surface area contributed by atoms with Gasteiger partial charge >= 0.3 is 0 Å². The molecule has 1 aromatic heterocycles. The highest BCUT2D eigenvalue weighted by atomic mass is 16.5. The highest BCUT2D eigenvalue weighted by Crippen LogP contribution is 2.34. The molecule has 0 amide bonds. The summed E-state index contributed by atoms with van der Waals surface area (Å²) in [7, 11) is 1.65. The maximum Gasteiger partial charge on any atom is 0.228 e. The Morgan fingerprint density at radius 3 is 2.78 bits per heavy atom. The molecule has 5 heteroatoms. The summed E-state index contributed by atoms with van der Waals surface area (Å²) in [4.78, 5) is 4.44. The van der Waals surface area contributed by atoms with Crippen LogP contribution >= 0.6 is 0 Å². The molecular weight excluding hydrogens is 230 g/mol. The van der Waals surface area contributed by atoms with Gasteiger partial charge in [-0.3, -0.25) is 0 Å². The van der Waals surface area contributed by atoms with Crippen molar-refractivity contribution in [3.8, 4) is 0 Å². The summed E-state index contributed by atoms with van der Waals surface area (Å²) in [6.07, 6.45) is 3.43. The Morgan fingerprint density at radius 1 is 1.50 bits per heavy atom. The minimum atomic E-state index is -0.491. The van der Waals surface area contributed by atoms with Gasteiger partial charge in [0.15, 0.2) is 0 Å².